The highest BCUT2D eigenvalue weighted by Gasteiger charge is 2.31. The van der Waals surface area contributed by atoms with E-state index in [0.717, 1.165) is 30.8 Å². The predicted molar refractivity (Wildman–Crippen MR) is 91.1 cm³/mol. The van der Waals surface area contributed by atoms with Gasteiger partial charge in [0, 0.05) is 5.69 Å². The van der Waals surface area contributed by atoms with Crippen LogP contribution in [0.4, 0.5) is 10.1 Å². The highest BCUT2D eigenvalue weighted by Crippen LogP contribution is 2.22. The molecule has 1 aliphatic heterocycles. The van der Waals surface area contributed by atoms with Crippen LogP contribution in [0.15, 0.2) is 30.6 Å². The molecule has 25 heavy (non-hydrogen) atoms. The van der Waals surface area contributed by atoms with Crippen molar-refractivity contribution in [3.05, 3.63) is 36.4 Å². The lowest BCUT2D eigenvalue weighted by atomic mass is 10.2. The van der Waals surface area contributed by atoms with Gasteiger partial charge >= 0.3 is 0 Å². The van der Waals surface area contributed by atoms with Crippen molar-refractivity contribution in [2.75, 3.05) is 25.6 Å². The topological polar surface area (TPSA) is 72.3 Å². The van der Waals surface area contributed by atoms with Gasteiger partial charge in [-0.2, -0.15) is 5.10 Å². The Morgan fingerprint density at radius 3 is 2.92 bits per heavy atom. The molecule has 1 aromatic heterocycles. The van der Waals surface area contributed by atoms with Gasteiger partial charge < -0.3 is 10.1 Å². The van der Waals surface area contributed by atoms with Gasteiger partial charge in [0.1, 0.15) is 24.6 Å². The van der Waals surface area contributed by atoms with E-state index in [9.17, 15) is 9.18 Å². The van der Waals surface area contributed by atoms with E-state index in [1.165, 1.54) is 6.33 Å². The van der Waals surface area contributed by atoms with Gasteiger partial charge in [-0.1, -0.05) is 0 Å². The van der Waals surface area contributed by atoms with Gasteiger partial charge in [0.2, 0.25) is 5.91 Å². The smallest absolute Gasteiger partial charge is 0.241 e. The van der Waals surface area contributed by atoms with E-state index in [4.69, 9.17) is 4.74 Å². The number of halogens is 1. The van der Waals surface area contributed by atoms with Crippen molar-refractivity contribution in [2.45, 2.75) is 32.0 Å². The Labute approximate surface area is 145 Å². The Balaban J connectivity index is 1.63. The number of rotatable bonds is 7. The van der Waals surface area contributed by atoms with Crippen LogP contribution in [0.25, 0.3) is 0 Å². The first kappa shape index (κ1) is 17.3. The van der Waals surface area contributed by atoms with Crippen LogP contribution in [0.5, 0.6) is 5.75 Å². The Bertz CT molecular complexity index is 703. The molecule has 8 heteroatoms. The number of aromatic nitrogens is 3. The minimum atomic E-state index is -0.488. The normalized spacial score (nSPS) is 17.6. The summed E-state index contributed by atoms with van der Waals surface area (Å²) in [6, 6.07) is 7.02. The summed E-state index contributed by atoms with van der Waals surface area (Å²) in [7, 11) is 1.60. The van der Waals surface area contributed by atoms with Crippen molar-refractivity contribution in [2.24, 2.45) is 0 Å². The molecule has 7 nitrogen and oxygen atoms in total. The molecule has 3 rings (SSSR count). The van der Waals surface area contributed by atoms with Crippen LogP contribution in [0.1, 0.15) is 18.7 Å². The van der Waals surface area contributed by atoms with Crippen LogP contribution in [-0.2, 0) is 17.9 Å². The van der Waals surface area contributed by atoms with E-state index in [0.29, 0.717) is 12.4 Å². The van der Waals surface area contributed by atoms with Crippen molar-refractivity contribution >= 4 is 11.6 Å². The Kier molecular flexibility index (Phi) is 5.60. The molecule has 1 amide bonds. The first-order chi connectivity index (χ1) is 12.2. The quantitative estimate of drug-likeness (QED) is 0.828. The molecule has 2 heterocycles. The maximum Gasteiger partial charge on any atom is 0.241 e. The van der Waals surface area contributed by atoms with Gasteiger partial charge in [-0.15, -0.1) is 0 Å². The zero-order valence-corrected chi connectivity index (χ0v) is 14.2. The lowest BCUT2D eigenvalue weighted by Gasteiger charge is -2.23. The first-order valence-electron chi connectivity index (χ1n) is 8.33. The maximum atomic E-state index is 12.6. The van der Waals surface area contributed by atoms with Gasteiger partial charge in [-0.25, -0.2) is 14.1 Å². The summed E-state index contributed by atoms with van der Waals surface area (Å²) < 4.78 is 19.2. The largest absolute Gasteiger partial charge is 0.497 e. The molecule has 134 valence electrons. The second-order valence-corrected chi connectivity index (χ2v) is 5.93. The summed E-state index contributed by atoms with van der Waals surface area (Å²) in [5, 5.41) is 6.97. The standard InChI is InChI=1S/C17H22FN5O2/c1-25-14-6-4-13(5-7-14)21-17(24)15-3-2-9-22(15)11-16-19-12-20-23(16)10-8-18/h4-7,12,15H,2-3,8-11H2,1H3,(H,21,24)/t15-/m0/s1. The predicted octanol–water partition coefficient (Wildman–Crippen LogP) is 1.86. The van der Waals surface area contributed by atoms with Crippen LogP contribution in [-0.4, -0.2) is 51.9 Å². The van der Waals surface area contributed by atoms with E-state index in [-0.39, 0.29) is 18.5 Å². The third kappa shape index (κ3) is 4.14. The van der Waals surface area contributed by atoms with Crippen LogP contribution in [0.3, 0.4) is 0 Å². The number of benzene rings is 1. The molecule has 2 aromatic rings. The summed E-state index contributed by atoms with van der Waals surface area (Å²) >= 11 is 0. The number of nitrogens with zero attached hydrogens (tertiary/aromatic N) is 4. The Morgan fingerprint density at radius 2 is 2.20 bits per heavy atom. The number of likely N-dealkylation sites (tertiary alicyclic amines) is 1. The van der Waals surface area contributed by atoms with Gasteiger partial charge in [0.05, 0.1) is 26.2 Å². The van der Waals surface area contributed by atoms with E-state index < -0.39 is 6.67 Å². The summed E-state index contributed by atoms with van der Waals surface area (Å²) in [6.45, 7) is 0.994. The van der Waals surface area contributed by atoms with Crippen molar-refractivity contribution < 1.29 is 13.9 Å². The number of amides is 1. The molecule has 1 aliphatic rings. The van der Waals surface area contributed by atoms with Gasteiger partial charge in [-0.05, 0) is 43.7 Å². The lowest BCUT2D eigenvalue weighted by Crippen LogP contribution is -2.39. The molecule has 0 bridgehead atoms. The van der Waals surface area contributed by atoms with Crippen LogP contribution in [0.2, 0.25) is 0 Å². The molecule has 0 aliphatic carbocycles. The fourth-order valence-electron chi connectivity index (χ4n) is 3.07. The van der Waals surface area contributed by atoms with Crippen molar-refractivity contribution in [3.8, 4) is 5.75 Å². The highest BCUT2D eigenvalue weighted by atomic mass is 19.1. The molecule has 1 atom stereocenters. The lowest BCUT2D eigenvalue weighted by molar-refractivity contribution is -0.120. The Morgan fingerprint density at radius 1 is 1.40 bits per heavy atom. The molecule has 0 radical (unpaired) electrons. The molecule has 1 saturated heterocycles. The minimum Gasteiger partial charge on any atom is -0.497 e. The fraction of sp³-hybridized carbons (Fsp3) is 0.471. The van der Waals surface area contributed by atoms with Gasteiger partial charge in [-0.3, -0.25) is 9.69 Å². The van der Waals surface area contributed by atoms with Crippen molar-refractivity contribution in [1.29, 1.82) is 0 Å². The molecular weight excluding hydrogens is 325 g/mol. The second kappa shape index (κ2) is 8.06. The van der Waals surface area contributed by atoms with Gasteiger partial charge in [0.25, 0.3) is 0 Å². The molecule has 1 fully saturated rings. The number of hydrogen-bond donors (Lipinski definition) is 1. The molecule has 1 N–H and O–H groups in total. The molecular formula is C17H22FN5O2. The number of carbonyl (C=O) groups is 1. The average molecular weight is 347 g/mol. The number of methoxy groups -OCH3 is 1. The van der Waals surface area contributed by atoms with E-state index in [2.05, 4.69) is 20.3 Å². The third-order valence-corrected chi connectivity index (χ3v) is 4.36. The van der Waals surface area contributed by atoms with Crippen molar-refractivity contribution in [1.82, 2.24) is 19.7 Å². The van der Waals surface area contributed by atoms with E-state index in [1.54, 1.807) is 11.8 Å². The Hall–Kier alpha value is -2.48. The van der Waals surface area contributed by atoms with Gasteiger partial charge in [0.15, 0.2) is 0 Å². The number of hydrogen-bond acceptors (Lipinski definition) is 5. The third-order valence-electron chi connectivity index (χ3n) is 4.36. The fourth-order valence-corrected chi connectivity index (χ4v) is 3.07. The summed E-state index contributed by atoms with van der Waals surface area (Å²) in [4.78, 5) is 18.9. The number of aryl methyl sites for hydroxylation is 1. The zero-order valence-electron chi connectivity index (χ0n) is 14.2. The number of carbonyl (C=O) groups excluding carboxylic acids is 1. The van der Waals surface area contributed by atoms with Crippen LogP contribution < -0.4 is 10.1 Å². The van der Waals surface area contributed by atoms with E-state index in [1.807, 2.05) is 24.3 Å². The molecule has 0 saturated carbocycles. The van der Waals surface area contributed by atoms with Crippen LogP contribution in [0, 0.1) is 0 Å². The van der Waals surface area contributed by atoms with Crippen LogP contribution >= 0.6 is 0 Å². The number of ether oxygens (including phenoxy) is 1. The average Bonchev–Trinajstić information content (AvgIpc) is 3.26. The minimum absolute atomic E-state index is 0.0424. The van der Waals surface area contributed by atoms with E-state index >= 15 is 0 Å². The molecule has 0 unspecified atom stereocenters. The summed E-state index contributed by atoms with van der Waals surface area (Å²) in [6.07, 6.45) is 3.16. The first-order valence-corrected chi connectivity index (χ1v) is 8.33. The monoisotopic (exact) mass is 347 g/mol. The molecule has 1 aromatic carbocycles. The zero-order chi connectivity index (χ0) is 17.6. The number of anilines is 1. The maximum absolute atomic E-state index is 12.6. The summed E-state index contributed by atoms with van der Waals surface area (Å²) in [5.41, 5.74) is 0.734. The molecule has 0 spiro atoms. The number of alkyl halides is 1. The SMILES string of the molecule is COc1ccc(NC(=O)[C@@H]2CCCN2Cc2ncnn2CCF)cc1. The van der Waals surface area contributed by atoms with Crippen molar-refractivity contribution in [3.63, 3.8) is 0 Å². The highest BCUT2D eigenvalue weighted by molar-refractivity contribution is 5.95. The number of nitrogens with one attached hydrogen (secondary N) is 1. The second-order valence-electron chi connectivity index (χ2n) is 5.93. The summed E-state index contributed by atoms with van der Waals surface area (Å²) in [5.74, 6) is 1.38.